The molecule has 1 rings (SSSR count). The van der Waals surface area contributed by atoms with Crippen molar-refractivity contribution in [2.24, 2.45) is 5.41 Å². The number of alkyl halides is 1. The molecule has 0 N–H and O–H groups in total. The number of halogens is 1. The Bertz CT molecular complexity index is 154. The largest absolute Gasteiger partial charge is 0.466 e. The average Bonchev–Trinajstić information content (AvgIpc) is 1.86. The number of ether oxygens (including phenoxy) is 1. The van der Waals surface area contributed by atoms with Crippen LogP contribution in [0.2, 0.25) is 0 Å². The Morgan fingerprint density at radius 1 is 1.73 bits per heavy atom. The Balaban J connectivity index is 2.48. The van der Waals surface area contributed by atoms with Gasteiger partial charge in [-0.05, 0) is 18.3 Å². The maximum atomic E-state index is 10.9. The van der Waals surface area contributed by atoms with Crippen molar-refractivity contribution in [3.05, 3.63) is 0 Å². The Labute approximate surface area is 80.8 Å². The van der Waals surface area contributed by atoms with E-state index in [2.05, 4.69) is 29.5 Å². The van der Waals surface area contributed by atoms with Crippen molar-refractivity contribution in [1.29, 1.82) is 0 Å². The summed E-state index contributed by atoms with van der Waals surface area (Å²) < 4.78 is 6.00. The Kier molecular flexibility index (Phi) is 3.16. The van der Waals surface area contributed by atoms with Gasteiger partial charge in [0.2, 0.25) is 0 Å². The molecule has 1 aliphatic rings. The fourth-order valence-electron chi connectivity index (χ4n) is 1.34. The van der Waals surface area contributed by atoms with E-state index in [-0.39, 0.29) is 11.4 Å². The van der Waals surface area contributed by atoms with E-state index < -0.39 is 0 Å². The first-order valence-electron chi connectivity index (χ1n) is 3.88. The quantitative estimate of drug-likeness (QED) is 0.436. The molecule has 1 aliphatic heterocycles. The van der Waals surface area contributed by atoms with Gasteiger partial charge in [-0.15, -0.1) is 0 Å². The van der Waals surface area contributed by atoms with Crippen molar-refractivity contribution in [3.63, 3.8) is 0 Å². The van der Waals surface area contributed by atoms with Crippen molar-refractivity contribution >= 4 is 28.6 Å². The summed E-state index contributed by atoms with van der Waals surface area (Å²) in [6.45, 7) is 2.79. The van der Waals surface area contributed by atoms with Gasteiger partial charge in [-0.3, -0.25) is 4.79 Å². The van der Waals surface area contributed by atoms with Crippen LogP contribution in [-0.4, -0.2) is 17.0 Å². The van der Waals surface area contributed by atoms with Crippen molar-refractivity contribution in [1.82, 2.24) is 0 Å². The Hall–Kier alpha value is 0.200. The van der Waals surface area contributed by atoms with Gasteiger partial charge in [0, 0.05) is 4.43 Å². The van der Waals surface area contributed by atoms with E-state index in [9.17, 15) is 4.79 Å². The lowest BCUT2D eigenvalue weighted by Crippen LogP contribution is -2.30. The zero-order valence-corrected chi connectivity index (χ0v) is 8.89. The van der Waals surface area contributed by atoms with Gasteiger partial charge in [0.15, 0.2) is 0 Å². The molecule has 1 fully saturated rings. The summed E-state index contributed by atoms with van der Waals surface area (Å²) in [5.74, 6) is -0.0244. The van der Waals surface area contributed by atoms with Gasteiger partial charge in [0.05, 0.1) is 13.0 Å². The van der Waals surface area contributed by atoms with Crippen LogP contribution >= 0.6 is 22.6 Å². The van der Waals surface area contributed by atoms with Crippen LogP contribution in [0.3, 0.4) is 0 Å². The van der Waals surface area contributed by atoms with Crippen LogP contribution in [0.25, 0.3) is 0 Å². The zero-order chi connectivity index (χ0) is 8.32. The average molecular weight is 268 g/mol. The van der Waals surface area contributed by atoms with Crippen LogP contribution in [-0.2, 0) is 9.53 Å². The minimum Gasteiger partial charge on any atom is -0.466 e. The highest BCUT2D eigenvalue weighted by Gasteiger charge is 2.31. The third-order valence-corrected chi connectivity index (χ3v) is 2.78. The lowest BCUT2D eigenvalue weighted by atomic mass is 9.80. The highest BCUT2D eigenvalue weighted by atomic mass is 127. The minimum atomic E-state index is -0.0244. The molecule has 1 saturated heterocycles. The molecule has 1 atom stereocenters. The van der Waals surface area contributed by atoms with Crippen LogP contribution in [0.1, 0.15) is 26.2 Å². The molecular weight excluding hydrogens is 255 g/mol. The molecule has 0 unspecified atom stereocenters. The fraction of sp³-hybridized carbons (Fsp3) is 0.875. The standard InChI is InChI=1S/C8H13IO2/c1-8(2-4-9)3-5-11-7(10)6-8/h2-6H2,1H3/t8-/m1/s1. The monoisotopic (exact) mass is 268 g/mol. The topological polar surface area (TPSA) is 26.3 Å². The van der Waals surface area contributed by atoms with E-state index in [0.717, 1.165) is 17.3 Å². The van der Waals surface area contributed by atoms with Crippen molar-refractivity contribution < 1.29 is 9.53 Å². The highest BCUT2D eigenvalue weighted by molar-refractivity contribution is 14.1. The number of rotatable bonds is 2. The first kappa shape index (κ1) is 9.29. The number of cyclic esters (lactones) is 1. The number of hydrogen-bond donors (Lipinski definition) is 0. The molecule has 0 bridgehead atoms. The van der Waals surface area contributed by atoms with E-state index >= 15 is 0 Å². The smallest absolute Gasteiger partial charge is 0.306 e. The van der Waals surface area contributed by atoms with Crippen molar-refractivity contribution in [2.45, 2.75) is 26.2 Å². The molecule has 0 aliphatic carbocycles. The number of carbonyl (C=O) groups is 1. The van der Waals surface area contributed by atoms with E-state index in [0.29, 0.717) is 13.0 Å². The van der Waals surface area contributed by atoms with Gasteiger partial charge in [0.1, 0.15) is 0 Å². The third kappa shape index (κ3) is 2.61. The summed E-state index contributed by atoms with van der Waals surface area (Å²) in [6.07, 6.45) is 2.76. The van der Waals surface area contributed by atoms with Gasteiger partial charge >= 0.3 is 5.97 Å². The van der Waals surface area contributed by atoms with Crippen LogP contribution in [0, 0.1) is 5.41 Å². The molecule has 0 radical (unpaired) electrons. The molecule has 0 amide bonds. The predicted octanol–water partition coefficient (Wildman–Crippen LogP) is 2.15. The summed E-state index contributed by atoms with van der Waals surface area (Å²) in [5.41, 5.74) is 0.219. The summed E-state index contributed by atoms with van der Waals surface area (Å²) in [5, 5.41) is 0. The normalized spacial score (nSPS) is 31.6. The second-order valence-corrected chi connectivity index (χ2v) is 4.48. The summed E-state index contributed by atoms with van der Waals surface area (Å²) in [7, 11) is 0. The number of esters is 1. The molecule has 64 valence electrons. The predicted molar refractivity (Wildman–Crippen MR) is 51.8 cm³/mol. The van der Waals surface area contributed by atoms with E-state index in [1.54, 1.807) is 0 Å². The molecule has 0 spiro atoms. The summed E-state index contributed by atoms with van der Waals surface area (Å²) >= 11 is 2.35. The molecule has 2 nitrogen and oxygen atoms in total. The lowest BCUT2D eigenvalue weighted by Gasteiger charge is -2.31. The van der Waals surface area contributed by atoms with Gasteiger partial charge in [-0.1, -0.05) is 29.5 Å². The molecular formula is C8H13IO2. The van der Waals surface area contributed by atoms with Gasteiger partial charge in [0.25, 0.3) is 0 Å². The Morgan fingerprint density at radius 2 is 2.45 bits per heavy atom. The lowest BCUT2D eigenvalue weighted by molar-refractivity contribution is -0.152. The first-order chi connectivity index (χ1) is 5.16. The van der Waals surface area contributed by atoms with Crippen LogP contribution in [0.5, 0.6) is 0 Å². The molecule has 0 aromatic rings. The third-order valence-electron chi connectivity index (χ3n) is 2.24. The second-order valence-electron chi connectivity index (χ2n) is 3.40. The maximum absolute atomic E-state index is 10.9. The van der Waals surface area contributed by atoms with Crippen LogP contribution in [0.4, 0.5) is 0 Å². The first-order valence-corrected chi connectivity index (χ1v) is 5.40. The minimum absolute atomic E-state index is 0.0244. The van der Waals surface area contributed by atoms with Crippen LogP contribution < -0.4 is 0 Å². The molecule has 11 heavy (non-hydrogen) atoms. The summed E-state index contributed by atoms with van der Waals surface area (Å²) in [6, 6.07) is 0. The summed E-state index contributed by atoms with van der Waals surface area (Å²) in [4.78, 5) is 10.9. The maximum Gasteiger partial charge on any atom is 0.306 e. The molecule has 0 saturated carbocycles. The molecule has 3 heteroatoms. The van der Waals surface area contributed by atoms with Crippen molar-refractivity contribution in [2.75, 3.05) is 11.0 Å². The fourth-order valence-corrected chi connectivity index (χ4v) is 2.64. The highest BCUT2D eigenvalue weighted by Crippen LogP contribution is 2.34. The van der Waals surface area contributed by atoms with E-state index in [4.69, 9.17) is 4.74 Å². The SMILES string of the molecule is C[C@@]1(CCI)CCOC(=O)C1. The zero-order valence-electron chi connectivity index (χ0n) is 6.73. The molecule has 0 aromatic heterocycles. The second kappa shape index (κ2) is 3.74. The van der Waals surface area contributed by atoms with E-state index in [1.807, 2.05) is 0 Å². The van der Waals surface area contributed by atoms with Gasteiger partial charge in [-0.2, -0.15) is 0 Å². The number of carbonyl (C=O) groups excluding carboxylic acids is 1. The molecule has 0 aromatic carbocycles. The van der Waals surface area contributed by atoms with Gasteiger partial charge < -0.3 is 4.74 Å². The molecule has 1 heterocycles. The van der Waals surface area contributed by atoms with Gasteiger partial charge in [-0.25, -0.2) is 0 Å². The van der Waals surface area contributed by atoms with E-state index in [1.165, 1.54) is 0 Å². The number of hydrogen-bond acceptors (Lipinski definition) is 2. The van der Waals surface area contributed by atoms with Crippen LogP contribution in [0.15, 0.2) is 0 Å². The van der Waals surface area contributed by atoms with Crippen molar-refractivity contribution in [3.8, 4) is 0 Å². The Morgan fingerprint density at radius 3 is 3.00 bits per heavy atom.